The van der Waals surface area contributed by atoms with E-state index in [0.717, 1.165) is 12.8 Å². The lowest BCUT2D eigenvalue weighted by molar-refractivity contribution is -0.121. The van der Waals surface area contributed by atoms with Gasteiger partial charge in [0.05, 0.1) is 18.2 Å². The van der Waals surface area contributed by atoms with Gasteiger partial charge in [0, 0.05) is 25.1 Å². The molecule has 170 valence electrons. The first-order chi connectivity index (χ1) is 16.1. The highest BCUT2D eigenvalue weighted by Gasteiger charge is 2.29. The van der Waals surface area contributed by atoms with E-state index in [1.165, 1.54) is 29.8 Å². The number of benzene rings is 3. The van der Waals surface area contributed by atoms with Crippen LogP contribution in [-0.2, 0) is 11.2 Å². The zero-order chi connectivity index (χ0) is 23.0. The second-order valence-electron chi connectivity index (χ2n) is 8.17. The molecule has 0 aromatic heterocycles. The first-order valence-corrected chi connectivity index (χ1v) is 11.2. The first-order valence-electron chi connectivity index (χ1n) is 11.2. The minimum atomic E-state index is -0.382. The van der Waals surface area contributed by atoms with Gasteiger partial charge in [0.2, 0.25) is 5.91 Å². The van der Waals surface area contributed by atoms with Gasteiger partial charge in [0.1, 0.15) is 11.6 Å². The van der Waals surface area contributed by atoms with Gasteiger partial charge in [-0.15, -0.1) is 0 Å². The lowest BCUT2D eigenvalue weighted by Gasteiger charge is -2.32. The molecule has 3 aromatic rings. The lowest BCUT2D eigenvalue weighted by atomic mass is 9.96. The highest BCUT2D eigenvalue weighted by atomic mass is 19.1. The molecule has 1 aliphatic heterocycles. The van der Waals surface area contributed by atoms with E-state index in [1.54, 1.807) is 4.90 Å². The molecule has 2 amide bonds. The Bertz CT molecular complexity index is 1090. The third-order valence-corrected chi connectivity index (χ3v) is 5.81. The van der Waals surface area contributed by atoms with Crippen LogP contribution in [0, 0.1) is 11.7 Å². The number of piperidine rings is 1. The minimum absolute atomic E-state index is 0.134. The van der Waals surface area contributed by atoms with Gasteiger partial charge in [-0.05, 0) is 54.8 Å². The zero-order valence-corrected chi connectivity index (χ0v) is 18.4. The summed E-state index contributed by atoms with van der Waals surface area (Å²) in [5.74, 6) is -0.396. The molecule has 0 aliphatic carbocycles. The van der Waals surface area contributed by atoms with E-state index in [2.05, 4.69) is 17.4 Å². The van der Waals surface area contributed by atoms with Crippen molar-refractivity contribution in [3.8, 4) is 5.75 Å². The molecular formula is C27H27FN2O3. The highest BCUT2D eigenvalue weighted by Crippen LogP contribution is 2.26. The molecule has 33 heavy (non-hydrogen) atoms. The van der Waals surface area contributed by atoms with Gasteiger partial charge in [-0.1, -0.05) is 42.5 Å². The number of ether oxygens (including phenoxy) is 1. The predicted octanol–water partition coefficient (Wildman–Crippen LogP) is 4.94. The van der Waals surface area contributed by atoms with Crippen LogP contribution in [0.5, 0.6) is 5.75 Å². The molecule has 1 saturated heterocycles. The fraction of sp³-hybridized carbons (Fsp3) is 0.259. The lowest BCUT2D eigenvalue weighted by Crippen LogP contribution is -2.43. The number of carbonyl (C=O) groups excluding carboxylic acids is 2. The zero-order valence-electron chi connectivity index (χ0n) is 18.4. The van der Waals surface area contributed by atoms with Gasteiger partial charge in [0.15, 0.2) is 0 Å². The molecule has 1 heterocycles. The SMILES string of the molecule is O=C(Nc1ccccc1OCCc1ccccc1)C1CCCN(C(=O)c2ccc(F)cc2)C1. The van der Waals surface area contributed by atoms with E-state index in [4.69, 9.17) is 4.74 Å². The quantitative estimate of drug-likeness (QED) is 0.559. The number of likely N-dealkylation sites (tertiary alicyclic amines) is 1. The van der Waals surface area contributed by atoms with Crippen molar-refractivity contribution in [3.63, 3.8) is 0 Å². The van der Waals surface area contributed by atoms with Crippen LogP contribution in [-0.4, -0.2) is 36.4 Å². The molecule has 1 aliphatic rings. The Morgan fingerprint density at radius 2 is 1.70 bits per heavy atom. The van der Waals surface area contributed by atoms with Crippen LogP contribution in [0.1, 0.15) is 28.8 Å². The Morgan fingerprint density at radius 1 is 0.970 bits per heavy atom. The number of nitrogens with zero attached hydrogens (tertiary/aromatic N) is 1. The summed E-state index contributed by atoms with van der Waals surface area (Å²) in [4.78, 5) is 27.5. The Morgan fingerprint density at radius 3 is 2.48 bits per heavy atom. The second kappa shape index (κ2) is 10.8. The molecule has 5 nitrogen and oxygen atoms in total. The molecule has 0 radical (unpaired) electrons. The molecule has 4 rings (SSSR count). The van der Waals surface area contributed by atoms with Gasteiger partial charge in [-0.25, -0.2) is 4.39 Å². The number of rotatable bonds is 7. The normalized spacial score (nSPS) is 15.7. The summed E-state index contributed by atoms with van der Waals surface area (Å²) >= 11 is 0. The standard InChI is InChI=1S/C27H27FN2O3/c28-23-14-12-21(13-15-23)27(32)30-17-6-9-22(19-30)26(31)29-24-10-4-5-11-25(24)33-18-16-20-7-2-1-3-8-20/h1-5,7-8,10-15,22H,6,9,16-19H2,(H,29,31). The molecule has 6 heteroatoms. The van der Waals surface area contributed by atoms with Crippen molar-refractivity contribution in [3.05, 3.63) is 95.8 Å². The van der Waals surface area contributed by atoms with Crippen LogP contribution in [0.3, 0.4) is 0 Å². The Kier molecular flexibility index (Phi) is 7.35. The topological polar surface area (TPSA) is 58.6 Å². The molecule has 0 bridgehead atoms. The van der Waals surface area contributed by atoms with Crippen molar-refractivity contribution in [1.82, 2.24) is 4.90 Å². The highest BCUT2D eigenvalue weighted by molar-refractivity contribution is 5.96. The smallest absolute Gasteiger partial charge is 0.253 e. The summed E-state index contributed by atoms with van der Waals surface area (Å²) in [6, 6.07) is 23.0. The van der Waals surface area contributed by atoms with Crippen LogP contribution in [0.2, 0.25) is 0 Å². The molecule has 1 fully saturated rings. The van der Waals surface area contributed by atoms with Crippen molar-refractivity contribution in [2.45, 2.75) is 19.3 Å². The monoisotopic (exact) mass is 446 g/mol. The molecular weight excluding hydrogens is 419 g/mol. The number of hydrogen-bond donors (Lipinski definition) is 1. The molecule has 0 saturated carbocycles. The van der Waals surface area contributed by atoms with E-state index in [1.807, 2.05) is 42.5 Å². The number of para-hydroxylation sites is 2. The maximum atomic E-state index is 13.2. The summed E-state index contributed by atoms with van der Waals surface area (Å²) in [6.45, 7) is 1.42. The van der Waals surface area contributed by atoms with Crippen molar-refractivity contribution in [2.75, 3.05) is 25.0 Å². The molecule has 1 N–H and O–H groups in total. The average molecular weight is 447 g/mol. The van der Waals surface area contributed by atoms with Crippen LogP contribution in [0.4, 0.5) is 10.1 Å². The molecule has 1 atom stereocenters. The van der Waals surface area contributed by atoms with E-state index < -0.39 is 0 Å². The largest absolute Gasteiger partial charge is 0.491 e. The maximum Gasteiger partial charge on any atom is 0.253 e. The van der Waals surface area contributed by atoms with E-state index in [9.17, 15) is 14.0 Å². The first kappa shape index (κ1) is 22.5. The average Bonchev–Trinajstić information content (AvgIpc) is 2.86. The van der Waals surface area contributed by atoms with Crippen LogP contribution in [0.25, 0.3) is 0 Å². The number of halogens is 1. The van der Waals surface area contributed by atoms with Crippen LogP contribution >= 0.6 is 0 Å². The molecule has 3 aromatic carbocycles. The summed E-state index contributed by atoms with van der Waals surface area (Å²) in [5.41, 5.74) is 2.24. The number of anilines is 1. The fourth-order valence-electron chi connectivity index (χ4n) is 4.00. The maximum absolute atomic E-state index is 13.2. The Balaban J connectivity index is 1.35. The van der Waals surface area contributed by atoms with E-state index in [-0.39, 0.29) is 23.5 Å². The third kappa shape index (κ3) is 5.98. The van der Waals surface area contributed by atoms with Crippen LogP contribution < -0.4 is 10.1 Å². The van der Waals surface area contributed by atoms with Gasteiger partial charge in [-0.3, -0.25) is 9.59 Å². The molecule has 1 unspecified atom stereocenters. The number of carbonyl (C=O) groups is 2. The Hall–Kier alpha value is -3.67. The minimum Gasteiger partial charge on any atom is -0.491 e. The van der Waals surface area contributed by atoms with Crippen molar-refractivity contribution >= 4 is 17.5 Å². The number of amides is 2. The van der Waals surface area contributed by atoms with E-state index >= 15 is 0 Å². The fourth-order valence-corrected chi connectivity index (χ4v) is 4.00. The Labute approximate surface area is 193 Å². The summed E-state index contributed by atoms with van der Waals surface area (Å²) < 4.78 is 19.1. The van der Waals surface area contributed by atoms with Crippen molar-refractivity contribution in [1.29, 1.82) is 0 Å². The van der Waals surface area contributed by atoms with Gasteiger partial charge < -0.3 is 15.0 Å². The summed E-state index contributed by atoms with van der Waals surface area (Å²) in [6.07, 6.45) is 2.21. The second-order valence-corrected chi connectivity index (χ2v) is 8.17. The summed E-state index contributed by atoms with van der Waals surface area (Å²) in [5, 5.41) is 2.98. The van der Waals surface area contributed by atoms with Gasteiger partial charge in [-0.2, -0.15) is 0 Å². The molecule has 0 spiro atoms. The number of hydrogen-bond acceptors (Lipinski definition) is 3. The number of nitrogens with one attached hydrogen (secondary N) is 1. The van der Waals surface area contributed by atoms with Crippen LogP contribution in [0.15, 0.2) is 78.9 Å². The van der Waals surface area contributed by atoms with Gasteiger partial charge in [0.25, 0.3) is 5.91 Å². The third-order valence-electron chi connectivity index (χ3n) is 5.81. The van der Waals surface area contributed by atoms with Gasteiger partial charge >= 0.3 is 0 Å². The van der Waals surface area contributed by atoms with E-state index in [0.29, 0.717) is 43.1 Å². The predicted molar refractivity (Wildman–Crippen MR) is 126 cm³/mol. The summed E-state index contributed by atoms with van der Waals surface area (Å²) in [7, 11) is 0. The van der Waals surface area contributed by atoms with Crippen molar-refractivity contribution < 1.29 is 18.7 Å². The van der Waals surface area contributed by atoms with Crippen molar-refractivity contribution in [2.24, 2.45) is 5.92 Å².